The number of hydrogen-bond donors (Lipinski definition) is 3. The molecule has 7 nitrogen and oxygen atoms in total. The fourth-order valence-corrected chi connectivity index (χ4v) is 4.17. The van der Waals surface area contributed by atoms with Crippen LogP contribution in [0.15, 0.2) is 108 Å². The van der Waals surface area contributed by atoms with Gasteiger partial charge in [-0.25, -0.2) is 0 Å². The molecule has 0 aliphatic heterocycles. The van der Waals surface area contributed by atoms with Crippen molar-refractivity contribution in [1.82, 2.24) is 5.32 Å². The molecule has 9 heteroatoms. The Morgan fingerprint density at radius 2 is 1.46 bits per heavy atom. The Balaban J connectivity index is 1.31. The summed E-state index contributed by atoms with van der Waals surface area (Å²) in [6.45, 7) is 0.294. The van der Waals surface area contributed by atoms with E-state index >= 15 is 0 Å². The molecule has 0 aliphatic carbocycles. The van der Waals surface area contributed by atoms with Gasteiger partial charge in [-0.1, -0.05) is 70.5 Å². The Hall–Kier alpha value is -4.21. The van der Waals surface area contributed by atoms with E-state index in [-0.39, 0.29) is 17.6 Å². The molecule has 4 aromatic rings. The molecule has 0 aromatic heterocycles. The van der Waals surface area contributed by atoms with Gasteiger partial charge in [0.25, 0.3) is 11.8 Å². The van der Waals surface area contributed by atoms with E-state index in [0.717, 1.165) is 10.0 Å². The van der Waals surface area contributed by atoms with Gasteiger partial charge in [0.15, 0.2) is 11.7 Å². The van der Waals surface area contributed by atoms with Crippen LogP contribution in [-0.2, 0) is 11.2 Å². The second kappa shape index (κ2) is 14.1. The van der Waals surface area contributed by atoms with Gasteiger partial charge in [0, 0.05) is 22.3 Å². The van der Waals surface area contributed by atoms with E-state index in [1.54, 1.807) is 48.5 Å². The number of amides is 2. The predicted octanol–water partition coefficient (Wildman–Crippen LogP) is 6.21. The zero-order chi connectivity index (χ0) is 27.5. The molecule has 0 radical (unpaired) electrons. The van der Waals surface area contributed by atoms with E-state index in [1.807, 2.05) is 54.6 Å². The van der Waals surface area contributed by atoms with E-state index in [0.29, 0.717) is 41.5 Å². The van der Waals surface area contributed by atoms with Crippen LogP contribution in [0.2, 0.25) is 0 Å². The first kappa shape index (κ1) is 27.8. The van der Waals surface area contributed by atoms with Crippen molar-refractivity contribution in [2.75, 3.05) is 23.8 Å². The molecule has 0 unspecified atom stereocenters. The lowest BCUT2D eigenvalue weighted by molar-refractivity contribution is -0.118. The smallest absolute Gasteiger partial charge is 0.262 e. The Kier molecular flexibility index (Phi) is 10.0. The van der Waals surface area contributed by atoms with Crippen LogP contribution < -0.4 is 25.4 Å². The fraction of sp³-hybridized carbons (Fsp3) is 0.100. The first-order valence-electron chi connectivity index (χ1n) is 12.1. The van der Waals surface area contributed by atoms with Crippen LogP contribution in [0.25, 0.3) is 0 Å². The topological polar surface area (TPSA) is 88.7 Å². The number of carbonyl (C=O) groups excluding carboxylic acids is 2. The highest BCUT2D eigenvalue weighted by molar-refractivity contribution is 9.10. The normalized spacial score (nSPS) is 10.3. The van der Waals surface area contributed by atoms with Crippen LogP contribution in [0, 0.1) is 0 Å². The van der Waals surface area contributed by atoms with E-state index < -0.39 is 5.91 Å². The molecule has 3 N–H and O–H groups in total. The summed E-state index contributed by atoms with van der Waals surface area (Å²) < 4.78 is 12.1. The number of para-hydroxylation sites is 1. The monoisotopic (exact) mass is 603 g/mol. The third-order valence-corrected chi connectivity index (χ3v) is 6.12. The molecule has 0 saturated heterocycles. The van der Waals surface area contributed by atoms with Crippen molar-refractivity contribution < 1.29 is 19.1 Å². The van der Waals surface area contributed by atoms with E-state index in [9.17, 15) is 9.59 Å². The van der Waals surface area contributed by atoms with Gasteiger partial charge in [-0.15, -0.1) is 0 Å². The molecule has 39 heavy (non-hydrogen) atoms. The summed E-state index contributed by atoms with van der Waals surface area (Å²) in [5.41, 5.74) is 2.64. The summed E-state index contributed by atoms with van der Waals surface area (Å²) >= 11 is 8.78. The van der Waals surface area contributed by atoms with Gasteiger partial charge in [0.2, 0.25) is 0 Å². The number of carbonyl (C=O) groups is 2. The molecule has 4 aromatic carbocycles. The number of thiocarbonyl (C=S) groups is 1. The molecule has 0 fully saturated rings. The molecular weight excluding hydrogens is 578 g/mol. The van der Waals surface area contributed by atoms with Gasteiger partial charge in [-0.05, 0) is 66.3 Å². The maximum atomic E-state index is 13.0. The summed E-state index contributed by atoms with van der Waals surface area (Å²) in [4.78, 5) is 25.3. The fourth-order valence-electron chi connectivity index (χ4n) is 3.60. The summed E-state index contributed by atoms with van der Waals surface area (Å²) in [7, 11) is 0. The molecule has 0 saturated carbocycles. The average Bonchev–Trinajstić information content (AvgIpc) is 2.94. The SMILES string of the molecule is O=C(COc1ccccc1)Nc1cccc(NC(=S)NC(=O)c2cc(Br)ccc2OCCc2ccccc2)c1. The van der Waals surface area contributed by atoms with E-state index in [2.05, 4.69) is 31.9 Å². The number of hydrogen-bond acceptors (Lipinski definition) is 5. The Bertz CT molecular complexity index is 1430. The van der Waals surface area contributed by atoms with Crippen LogP contribution >= 0.6 is 28.1 Å². The molecule has 198 valence electrons. The van der Waals surface area contributed by atoms with Gasteiger partial charge in [-0.3, -0.25) is 14.9 Å². The largest absolute Gasteiger partial charge is 0.492 e. The van der Waals surface area contributed by atoms with Crippen LogP contribution in [0.3, 0.4) is 0 Å². The van der Waals surface area contributed by atoms with Crippen molar-refractivity contribution in [3.8, 4) is 11.5 Å². The number of rotatable bonds is 10. The van der Waals surface area contributed by atoms with Crippen molar-refractivity contribution >= 4 is 56.4 Å². The zero-order valence-electron chi connectivity index (χ0n) is 20.9. The van der Waals surface area contributed by atoms with Gasteiger partial charge in [0.05, 0.1) is 12.2 Å². The lowest BCUT2D eigenvalue weighted by Gasteiger charge is -2.14. The van der Waals surface area contributed by atoms with Crippen molar-refractivity contribution in [2.24, 2.45) is 0 Å². The van der Waals surface area contributed by atoms with E-state index in [1.165, 1.54) is 0 Å². The first-order valence-corrected chi connectivity index (χ1v) is 13.3. The average molecular weight is 605 g/mol. The Morgan fingerprint density at radius 3 is 2.21 bits per heavy atom. The van der Waals surface area contributed by atoms with E-state index in [4.69, 9.17) is 21.7 Å². The molecule has 0 spiro atoms. The third kappa shape index (κ3) is 8.94. The number of benzene rings is 4. The first-order chi connectivity index (χ1) is 19.0. The lowest BCUT2D eigenvalue weighted by Crippen LogP contribution is -2.34. The zero-order valence-corrected chi connectivity index (χ0v) is 23.3. The molecule has 4 rings (SSSR count). The maximum absolute atomic E-state index is 13.0. The summed E-state index contributed by atoms with van der Waals surface area (Å²) in [6, 6.07) is 31.3. The van der Waals surface area contributed by atoms with Crippen molar-refractivity contribution in [2.45, 2.75) is 6.42 Å². The highest BCUT2D eigenvalue weighted by atomic mass is 79.9. The van der Waals surface area contributed by atoms with Crippen LogP contribution in [0.4, 0.5) is 11.4 Å². The molecule has 0 atom stereocenters. The van der Waals surface area contributed by atoms with Crippen LogP contribution in [0.1, 0.15) is 15.9 Å². The second-order valence-corrected chi connectivity index (χ2v) is 9.69. The lowest BCUT2D eigenvalue weighted by atomic mass is 10.1. The van der Waals surface area contributed by atoms with Crippen molar-refractivity contribution in [3.05, 3.63) is 119 Å². The molecular formula is C30H26BrN3O4S. The molecule has 0 heterocycles. The maximum Gasteiger partial charge on any atom is 0.262 e. The summed E-state index contributed by atoms with van der Waals surface area (Å²) in [6.07, 6.45) is 0.711. The molecule has 0 aliphatic rings. The van der Waals surface area contributed by atoms with Crippen molar-refractivity contribution in [3.63, 3.8) is 0 Å². The summed E-state index contributed by atoms with van der Waals surface area (Å²) in [5, 5.41) is 8.55. The predicted molar refractivity (Wildman–Crippen MR) is 160 cm³/mol. The van der Waals surface area contributed by atoms with Gasteiger partial charge < -0.3 is 20.1 Å². The van der Waals surface area contributed by atoms with Crippen molar-refractivity contribution in [1.29, 1.82) is 0 Å². The van der Waals surface area contributed by atoms with Gasteiger partial charge in [0.1, 0.15) is 11.5 Å². The number of anilines is 2. The van der Waals surface area contributed by atoms with Gasteiger partial charge >= 0.3 is 0 Å². The summed E-state index contributed by atoms with van der Waals surface area (Å²) in [5.74, 6) is 0.351. The second-order valence-electron chi connectivity index (χ2n) is 8.36. The van der Waals surface area contributed by atoms with Gasteiger partial charge in [-0.2, -0.15) is 0 Å². The third-order valence-electron chi connectivity index (χ3n) is 5.42. The quantitative estimate of drug-likeness (QED) is 0.187. The highest BCUT2D eigenvalue weighted by Crippen LogP contribution is 2.24. The van der Waals surface area contributed by atoms with Crippen LogP contribution in [0.5, 0.6) is 11.5 Å². The minimum atomic E-state index is -0.411. The molecule has 2 amide bonds. The standard InChI is InChI=1S/C30H26BrN3O4S/c31-22-14-15-27(37-17-16-21-8-3-1-4-9-21)26(18-22)29(36)34-30(39)33-24-11-7-10-23(19-24)32-28(35)20-38-25-12-5-2-6-13-25/h1-15,18-19H,16-17,20H2,(H,32,35)(H2,33,34,36,39). The minimum absolute atomic E-state index is 0.103. The Morgan fingerprint density at radius 1 is 0.769 bits per heavy atom. The number of halogens is 1. The Labute approximate surface area is 240 Å². The molecule has 0 bridgehead atoms. The van der Waals surface area contributed by atoms with Crippen LogP contribution in [-0.4, -0.2) is 30.1 Å². The number of nitrogens with one attached hydrogen (secondary N) is 3. The minimum Gasteiger partial charge on any atom is -0.492 e. The highest BCUT2D eigenvalue weighted by Gasteiger charge is 2.15. The number of ether oxygens (including phenoxy) is 2.